The molecular formula is C17H20ClF5N4O2S. The van der Waals surface area contributed by atoms with Crippen molar-refractivity contribution in [2.45, 2.75) is 53.9 Å². The average Bonchev–Trinajstić information content (AvgIpc) is 3.22. The SMILES string of the molecule is CN1NCCC1c1cc(NC(=O)C2CC(Cl)C(C(F)(F)F)S2)cn(CC(F)F)c1=O. The van der Waals surface area contributed by atoms with E-state index in [-0.39, 0.29) is 23.7 Å². The molecular weight excluding hydrogens is 455 g/mol. The number of carbonyl (C=O) groups excluding carboxylic acids is 1. The van der Waals surface area contributed by atoms with E-state index in [2.05, 4.69) is 10.7 Å². The first-order valence-electron chi connectivity index (χ1n) is 9.13. The van der Waals surface area contributed by atoms with Crippen molar-refractivity contribution in [1.82, 2.24) is 15.0 Å². The number of rotatable bonds is 5. The number of nitrogens with zero attached hydrogens (tertiary/aromatic N) is 2. The first-order valence-corrected chi connectivity index (χ1v) is 10.5. The maximum Gasteiger partial charge on any atom is 0.402 e. The number of thioether (sulfide) groups is 1. The van der Waals surface area contributed by atoms with E-state index in [1.165, 1.54) is 6.07 Å². The Morgan fingerprint density at radius 2 is 2.13 bits per heavy atom. The van der Waals surface area contributed by atoms with Gasteiger partial charge in [0.25, 0.3) is 12.0 Å². The van der Waals surface area contributed by atoms with Crippen molar-refractivity contribution >= 4 is 35.0 Å². The Kier molecular flexibility index (Phi) is 7.00. The minimum atomic E-state index is -4.54. The number of hydrogen-bond acceptors (Lipinski definition) is 5. The summed E-state index contributed by atoms with van der Waals surface area (Å²) in [6.07, 6.45) is -5.88. The third kappa shape index (κ3) is 5.09. The molecule has 6 nitrogen and oxygen atoms in total. The number of pyridine rings is 1. The molecule has 0 bridgehead atoms. The topological polar surface area (TPSA) is 66.4 Å². The number of carbonyl (C=O) groups is 1. The van der Waals surface area contributed by atoms with Gasteiger partial charge in [-0.15, -0.1) is 23.4 Å². The van der Waals surface area contributed by atoms with Gasteiger partial charge in [0.05, 0.1) is 28.9 Å². The second-order valence-electron chi connectivity index (χ2n) is 7.18. The Labute approximate surface area is 178 Å². The van der Waals surface area contributed by atoms with Crippen molar-refractivity contribution in [2.75, 3.05) is 18.9 Å². The van der Waals surface area contributed by atoms with Crippen molar-refractivity contribution in [1.29, 1.82) is 0 Å². The van der Waals surface area contributed by atoms with Gasteiger partial charge in [-0.05, 0) is 18.9 Å². The fourth-order valence-corrected chi connectivity index (χ4v) is 5.51. The van der Waals surface area contributed by atoms with Gasteiger partial charge in [-0.3, -0.25) is 15.0 Å². The molecule has 1 amide bonds. The number of nitrogens with one attached hydrogen (secondary N) is 2. The molecule has 3 heterocycles. The van der Waals surface area contributed by atoms with Crippen molar-refractivity contribution in [2.24, 2.45) is 0 Å². The molecule has 4 atom stereocenters. The number of aromatic nitrogens is 1. The Morgan fingerprint density at radius 1 is 1.43 bits per heavy atom. The van der Waals surface area contributed by atoms with Crippen molar-refractivity contribution in [3.63, 3.8) is 0 Å². The van der Waals surface area contributed by atoms with Crippen LogP contribution in [-0.4, -0.2) is 57.6 Å². The summed E-state index contributed by atoms with van der Waals surface area (Å²) in [6, 6.07) is 0.996. The second kappa shape index (κ2) is 9.01. The number of halogens is 6. The Morgan fingerprint density at radius 3 is 2.67 bits per heavy atom. The molecule has 2 aliphatic heterocycles. The lowest BCUT2D eigenvalue weighted by atomic mass is 10.1. The largest absolute Gasteiger partial charge is 0.402 e. The molecule has 13 heteroatoms. The van der Waals surface area contributed by atoms with Crippen LogP contribution in [-0.2, 0) is 11.3 Å². The monoisotopic (exact) mass is 474 g/mol. The van der Waals surface area contributed by atoms with E-state index >= 15 is 0 Å². The van der Waals surface area contributed by atoms with Crippen LogP contribution in [0, 0.1) is 0 Å². The lowest BCUT2D eigenvalue weighted by Gasteiger charge is -2.21. The molecule has 1 aromatic heterocycles. The third-order valence-electron chi connectivity index (χ3n) is 5.02. The van der Waals surface area contributed by atoms with E-state index in [0.29, 0.717) is 24.7 Å². The van der Waals surface area contributed by atoms with Gasteiger partial charge in [0.15, 0.2) is 0 Å². The van der Waals surface area contributed by atoms with Crippen molar-refractivity contribution in [3.05, 3.63) is 28.2 Å². The maximum atomic E-state index is 13.0. The van der Waals surface area contributed by atoms with Gasteiger partial charge >= 0.3 is 6.18 Å². The minimum Gasteiger partial charge on any atom is -0.324 e. The molecule has 2 aliphatic rings. The lowest BCUT2D eigenvalue weighted by molar-refractivity contribution is -0.128. The zero-order valence-corrected chi connectivity index (χ0v) is 17.3. The van der Waals surface area contributed by atoms with Crippen LogP contribution >= 0.6 is 23.4 Å². The van der Waals surface area contributed by atoms with Gasteiger partial charge in [0.1, 0.15) is 5.25 Å². The van der Waals surface area contributed by atoms with Gasteiger partial charge in [-0.25, -0.2) is 13.8 Å². The number of anilines is 1. The Bertz CT molecular complexity index is 852. The summed E-state index contributed by atoms with van der Waals surface area (Å²) in [5.74, 6) is -0.719. The average molecular weight is 475 g/mol. The van der Waals surface area contributed by atoms with Gasteiger partial charge in [0, 0.05) is 25.4 Å². The fourth-order valence-electron chi connectivity index (χ4n) is 3.62. The first kappa shape index (κ1) is 23.3. The first-order chi connectivity index (χ1) is 14.0. The summed E-state index contributed by atoms with van der Waals surface area (Å²) in [7, 11) is 1.70. The van der Waals surface area contributed by atoms with Crippen LogP contribution in [0.5, 0.6) is 0 Å². The van der Waals surface area contributed by atoms with E-state index in [4.69, 9.17) is 11.6 Å². The van der Waals surface area contributed by atoms with Crippen molar-refractivity contribution < 1.29 is 26.7 Å². The van der Waals surface area contributed by atoms with Gasteiger partial charge < -0.3 is 9.88 Å². The highest BCUT2D eigenvalue weighted by molar-refractivity contribution is 8.01. The molecule has 0 spiro atoms. The summed E-state index contributed by atoms with van der Waals surface area (Å²) < 4.78 is 65.7. The standard InChI is InChI=1S/C17H20ClF5N4O2S/c1-26-11(2-3-24-26)9-4-8(6-27(16(9)29)7-13(19)20)25-15(28)12-5-10(18)14(30-12)17(21,22)23/h4,6,10-14,24H,2-3,5,7H2,1H3,(H,25,28). The minimum absolute atomic E-state index is 0.0673. The number of hydrazine groups is 1. The second-order valence-corrected chi connectivity index (χ2v) is 9.09. The van der Waals surface area contributed by atoms with E-state index < -0.39 is 46.5 Å². The van der Waals surface area contributed by atoms with Crippen LogP contribution in [0.4, 0.5) is 27.6 Å². The van der Waals surface area contributed by atoms with E-state index in [0.717, 1.165) is 10.8 Å². The quantitative estimate of drug-likeness (QED) is 0.507. The van der Waals surface area contributed by atoms with Gasteiger partial charge in [-0.1, -0.05) is 0 Å². The van der Waals surface area contributed by atoms with E-state index in [9.17, 15) is 31.5 Å². The van der Waals surface area contributed by atoms with Crippen molar-refractivity contribution in [3.8, 4) is 0 Å². The van der Waals surface area contributed by atoms with Gasteiger partial charge in [-0.2, -0.15) is 13.2 Å². The van der Waals surface area contributed by atoms with E-state index in [1.54, 1.807) is 12.1 Å². The molecule has 0 saturated carbocycles. The summed E-state index contributed by atoms with van der Waals surface area (Å²) in [6.45, 7) is -0.280. The zero-order chi connectivity index (χ0) is 22.2. The highest BCUT2D eigenvalue weighted by Gasteiger charge is 2.52. The summed E-state index contributed by atoms with van der Waals surface area (Å²) in [5.41, 5.74) is 2.68. The number of hydrogen-bond donors (Lipinski definition) is 2. The molecule has 2 saturated heterocycles. The van der Waals surface area contributed by atoms with E-state index in [1.807, 2.05) is 0 Å². The lowest BCUT2D eigenvalue weighted by Crippen LogP contribution is -2.34. The fraction of sp³-hybridized carbons (Fsp3) is 0.647. The Hall–Kier alpha value is -1.37. The third-order valence-corrected chi connectivity index (χ3v) is 7.22. The number of alkyl halides is 6. The molecule has 0 aliphatic carbocycles. The smallest absolute Gasteiger partial charge is 0.324 e. The zero-order valence-electron chi connectivity index (χ0n) is 15.8. The summed E-state index contributed by atoms with van der Waals surface area (Å²) in [4.78, 5) is 25.2. The van der Waals surface area contributed by atoms with Crippen LogP contribution < -0.4 is 16.3 Å². The molecule has 2 fully saturated rings. The molecule has 3 rings (SSSR count). The molecule has 0 radical (unpaired) electrons. The predicted molar refractivity (Wildman–Crippen MR) is 104 cm³/mol. The van der Waals surface area contributed by atoms with Crippen LogP contribution in [0.1, 0.15) is 24.4 Å². The maximum absolute atomic E-state index is 13.0. The molecule has 4 unspecified atom stereocenters. The molecule has 1 aromatic rings. The summed E-state index contributed by atoms with van der Waals surface area (Å²) >= 11 is 6.20. The highest BCUT2D eigenvalue weighted by atomic mass is 35.5. The predicted octanol–water partition coefficient (Wildman–Crippen LogP) is 2.98. The molecule has 2 N–H and O–H groups in total. The molecule has 0 aromatic carbocycles. The Balaban J connectivity index is 1.84. The molecule has 168 valence electrons. The van der Waals surface area contributed by atoms with Crippen LogP contribution in [0.3, 0.4) is 0 Å². The normalized spacial score (nSPS) is 27.7. The highest BCUT2D eigenvalue weighted by Crippen LogP contribution is 2.46. The van der Waals surface area contributed by atoms with Crippen LogP contribution in [0.25, 0.3) is 0 Å². The van der Waals surface area contributed by atoms with Crippen LogP contribution in [0.2, 0.25) is 0 Å². The summed E-state index contributed by atoms with van der Waals surface area (Å²) in [5, 5.41) is -0.0138. The number of amides is 1. The van der Waals surface area contributed by atoms with Gasteiger partial charge in [0.2, 0.25) is 5.91 Å². The molecule has 30 heavy (non-hydrogen) atoms. The van der Waals surface area contributed by atoms with Crippen LogP contribution in [0.15, 0.2) is 17.1 Å².